The lowest BCUT2D eigenvalue weighted by Gasteiger charge is -2.24. The second-order valence-corrected chi connectivity index (χ2v) is 11.0. The molecule has 2 aliphatic heterocycles. The van der Waals surface area contributed by atoms with E-state index in [0.717, 1.165) is 11.1 Å². The van der Waals surface area contributed by atoms with Crippen molar-refractivity contribution in [2.45, 2.75) is 24.4 Å². The highest BCUT2D eigenvalue weighted by atomic mass is 32.2. The standard InChI is InChI=1S/C23H22N4O3S2/c24-11-19(22(28)25-12-17-7-3-1-4-8-17)13-26-23-27(14-18-9-5-2-6-10-18)20-15-32(29,30)16-21(20)31-23/h1-10,13,20-21H,12,14-16H2,(H,25,28)/b19-13+,26-23?/t20-,21+/m0/s1. The Balaban J connectivity index is 1.52. The Bertz CT molecular complexity index is 1190. The normalized spacial score (nSPS) is 23.0. The van der Waals surface area contributed by atoms with Gasteiger partial charge >= 0.3 is 0 Å². The zero-order valence-corrected chi connectivity index (χ0v) is 18.8. The molecule has 0 aliphatic carbocycles. The molecule has 0 saturated carbocycles. The largest absolute Gasteiger partial charge is 0.347 e. The second-order valence-electron chi connectivity index (χ2n) is 7.65. The van der Waals surface area contributed by atoms with Gasteiger partial charge in [-0.15, -0.1) is 0 Å². The van der Waals surface area contributed by atoms with Gasteiger partial charge in [0.15, 0.2) is 15.0 Å². The molecule has 32 heavy (non-hydrogen) atoms. The summed E-state index contributed by atoms with van der Waals surface area (Å²) in [6.45, 7) is 0.825. The Morgan fingerprint density at radius 2 is 1.78 bits per heavy atom. The first-order valence-corrected chi connectivity index (χ1v) is 12.8. The molecular weight excluding hydrogens is 444 g/mol. The van der Waals surface area contributed by atoms with Crippen LogP contribution < -0.4 is 5.32 Å². The number of rotatable bonds is 6. The molecule has 2 aliphatic rings. The predicted octanol–water partition coefficient (Wildman–Crippen LogP) is 2.48. The topological polar surface area (TPSA) is 103 Å². The number of carbonyl (C=O) groups excluding carboxylic acids is 1. The first kappa shape index (κ1) is 22.1. The van der Waals surface area contributed by atoms with Gasteiger partial charge in [0.2, 0.25) is 0 Å². The Morgan fingerprint density at radius 1 is 1.12 bits per heavy atom. The van der Waals surface area contributed by atoms with Gasteiger partial charge in [0, 0.05) is 18.3 Å². The van der Waals surface area contributed by atoms with Crippen LogP contribution in [0, 0.1) is 11.3 Å². The van der Waals surface area contributed by atoms with Crippen LogP contribution in [0.2, 0.25) is 0 Å². The summed E-state index contributed by atoms with van der Waals surface area (Å²) in [4.78, 5) is 18.9. The Morgan fingerprint density at radius 3 is 2.44 bits per heavy atom. The van der Waals surface area contributed by atoms with Gasteiger partial charge in [-0.25, -0.2) is 13.4 Å². The summed E-state index contributed by atoms with van der Waals surface area (Å²) < 4.78 is 24.3. The molecule has 164 valence electrons. The number of carbonyl (C=O) groups is 1. The average molecular weight is 467 g/mol. The summed E-state index contributed by atoms with van der Waals surface area (Å²) >= 11 is 1.40. The van der Waals surface area contributed by atoms with E-state index in [2.05, 4.69) is 10.3 Å². The van der Waals surface area contributed by atoms with Gasteiger partial charge in [-0.05, 0) is 11.1 Å². The molecule has 0 bridgehead atoms. The summed E-state index contributed by atoms with van der Waals surface area (Å²) in [7, 11) is -3.09. The fourth-order valence-corrected chi connectivity index (χ4v) is 7.67. The van der Waals surface area contributed by atoms with E-state index in [0.29, 0.717) is 18.3 Å². The van der Waals surface area contributed by atoms with E-state index in [1.807, 2.05) is 71.6 Å². The van der Waals surface area contributed by atoms with Gasteiger partial charge in [0.25, 0.3) is 5.91 Å². The van der Waals surface area contributed by atoms with Gasteiger partial charge in [0.05, 0.1) is 23.7 Å². The van der Waals surface area contributed by atoms with Gasteiger partial charge in [-0.3, -0.25) is 4.79 Å². The molecule has 1 amide bonds. The highest BCUT2D eigenvalue weighted by Gasteiger charge is 2.48. The third-order valence-corrected chi connectivity index (χ3v) is 8.60. The number of nitrogens with one attached hydrogen (secondary N) is 1. The number of nitrogens with zero attached hydrogens (tertiary/aromatic N) is 3. The number of sulfone groups is 1. The van der Waals surface area contributed by atoms with Crippen LogP contribution in [0.3, 0.4) is 0 Å². The number of thioether (sulfide) groups is 1. The molecule has 0 spiro atoms. The predicted molar refractivity (Wildman–Crippen MR) is 125 cm³/mol. The van der Waals surface area contributed by atoms with Crippen LogP contribution in [0.1, 0.15) is 11.1 Å². The number of amidine groups is 1. The van der Waals surface area contributed by atoms with Crippen LogP contribution in [0.25, 0.3) is 0 Å². The Labute approximate surface area is 191 Å². The van der Waals surface area contributed by atoms with Crippen LogP contribution in [0.15, 0.2) is 77.4 Å². The number of fused-ring (bicyclic) bond motifs is 1. The Kier molecular flexibility index (Phi) is 6.63. The SMILES string of the molecule is N#C/C(=C\N=C1S[C@@H]2CS(=O)(=O)C[C@@H]2N1Cc1ccccc1)C(=O)NCc1ccccc1. The summed E-state index contributed by atoms with van der Waals surface area (Å²) in [5.41, 5.74) is 1.87. The zero-order valence-electron chi connectivity index (χ0n) is 17.2. The number of hydrogen-bond acceptors (Lipinski definition) is 6. The van der Waals surface area contributed by atoms with Crippen LogP contribution in [-0.4, -0.2) is 47.2 Å². The minimum Gasteiger partial charge on any atom is -0.347 e. The number of benzene rings is 2. The molecule has 0 radical (unpaired) electrons. The van der Waals surface area contributed by atoms with Crippen molar-refractivity contribution in [3.8, 4) is 6.07 Å². The van der Waals surface area contributed by atoms with Crippen LogP contribution in [0.4, 0.5) is 0 Å². The smallest absolute Gasteiger partial charge is 0.263 e. The lowest BCUT2D eigenvalue weighted by molar-refractivity contribution is -0.117. The van der Waals surface area contributed by atoms with Crippen LogP contribution in [-0.2, 0) is 27.7 Å². The Hall–Kier alpha value is -3.09. The van der Waals surface area contributed by atoms with Gasteiger partial charge in [-0.2, -0.15) is 5.26 Å². The third kappa shape index (κ3) is 5.21. The number of nitriles is 1. The highest BCUT2D eigenvalue weighted by molar-refractivity contribution is 8.15. The number of amides is 1. The summed E-state index contributed by atoms with van der Waals surface area (Å²) in [5, 5.41) is 12.7. The molecule has 4 rings (SSSR count). The fraction of sp³-hybridized carbons (Fsp3) is 0.261. The van der Waals surface area contributed by atoms with Crippen molar-refractivity contribution in [1.29, 1.82) is 5.26 Å². The molecule has 2 atom stereocenters. The molecule has 9 heteroatoms. The quantitative estimate of drug-likeness (QED) is 0.518. The molecule has 2 heterocycles. The van der Waals surface area contributed by atoms with E-state index in [4.69, 9.17) is 0 Å². The van der Waals surface area contributed by atoms with Crippen molar-refractivity contribution in [2.75, 3.05) is 11.5 Å². The third-order valence-electron chi connectivity index (χ3n) is 5.34. The van der Waals surface area contributed by atoms with Crippen molar-refractivity contribution in [3.63, 3.8) is 0 Å². The van der Waals surface area contributed by atoms with Gasteiger partial charge in [-0.1, -0.05) is 72.4 Å². The average Bonchev–Trinajstić information content (AvgIpc) is 3.26. The molecule has 7 nitrogen and oxygen atoms in total. The molecule has 2 aromatic carbocycles. The number of aliphatic imine (C=N–C) groups is 1. The van der Waals surface area contributed by atoms with E-state index in [1.165, 1.54) is 18.0 Å². The van der Waals surface area contributed by atoms with E-state index in [1.54, 1.807) is 0 Å². The second kappa shape index (κ2) is 9.59. The minimum absolute atomic E-state index is 0.0862. The molecule has 2 aromatic rings. The van der Waals surface area contributed by atoms with Crippen LogP contribution in [0.5, 0.6) is 0 Å². The summed E-state index contributed by atoms with van der Waals surface area (Å²) in [6.07, 6.45) is 1.27. The first-order valence-electron chi connectivity index (χ1n) is 10.1. The zero-order chi connectivity index (χ0) is 22.6. The van der Waals surface area contributed by atoms with Crippen molar-refractivity contribution in [3.05, 3.63) is 83.6 Å². The first-order chi connectivity index (χ1) is 15.4. The molecule has 2 saturated heterocycles. The fourth-order valence-electron chi connectivity index (χ4n) is 3.75. The molecule has 2 fully saturated rings. The number of hydrogen-bond donors (Lipinski definition) is 1. The lowest BCUT2D eigenvalue weighted by Crippen LogP contribution is -2.36. The molecule has 0 aromatic heterocycles. The van der Waals surface area contributed by atoms with E-state index in [9.17, 15) is 18.5 Å². The van der Waals surface area contributed by atoms with Crippen molar-refractivity contribution in [1.82, 2.24) is 10.2 Å². The van der Waals surface area contributed by atoms with E-state index in [-0.39, 0.29) is 28.4 Å². The van der Waals surface area contributed by atoms with Crippen molar-refractivity contribution >= 4 is 32.7 Å². The summed E-state index contributed by atoms with van der Waals surface area (Å²) in [5.74, 6) is -0.303. The van der Waals surface area contributed by atoms with E-state index >= 15 is 0 Å². The van der Waals surface area contributed by atoms with Crippen molar-refractivity contribution < 1.29 is 13.2 Å². The lowest BCUT2D eigenvalue weighted by atomic mass is 10.1. The van der Waals surface area contributed by atoms with Crippen LogP contribution >= 0.6 is 11.8 Å². The maximum Gasteiger partial charge on any atom is 0.263 e. The van der Waals surface area contributed by atoms with Gasteiger partial charge < -0.3 is 10.2 Å². The molecule has 0 unspecified atom stereocenters. The van der Waals surface area contributed by atoms with Crippen molar-refractivity contribution in [2.24, 2.45) is 4.99 Å². The maximum atomic E-state index is 12.4. The minimum atomic E-state index is -3.09. The van der Waals surface area contributed by atoms with E-state index < -0.39 is 15.7 Å². The molecule has 1 N–H and O–H groups in total. The highest BCUT2D eigenvalue weighted by Crippen LogP contribution is 2.39. The molecular formula is C23H22N4O3S2. The maximum absolute atomic E-state index is 12.4. The monoisotopic (exact) mass is 466 g/mol. The van der Waals surface area contributed by atoms with Gasteiger partial charge in [0.1, 0.15) is 11.6 Å². The summed E-state index contributed by atoms with van der Waals surface area (Å²) in [6, 6.07) is 20.9.